The van der Waals surface area contributed by atoms with Crippen LogP contribution in [0.25, 0.3) is 11.4 Å². The first kappa shape index (κ1) is 16.4. The van der Waals surface area contributed by atoms with Gasteiger partial charge in [0.1, 0.15) is 0 Å². The van der Waals surface area contributed by atoms with E-state index in [9.17, 15) is 4.79 Å². The molecule has 6 heteroatoms. The van der Waals surface area contributed by atoms with Crippen molar-refractivity contribution < 1.29 is 4.79 Å². The van der Waals surface area contributed by atoms with Gasteiger partial charge in [-0.1, -0.05) is 48.5 Å². The summed E-state index contributed by atoms with van der Waals surface area (Å²) < 4.78 is 0. The molecule has 0 fully saturated rings. The summed E-state index contributed by atoms with van der Waals surface area (Å²) in [5.74, 6) is 0.912. The molecule has 0 atom stereocenters. The maximum Gasteiger partial charge on any atom is 0.246 e. The quantitative estimate of drug-likeness (QED) is 0.750. The standard InChI is InChI=1S/C19H19N5O/c1-24(15-10-6-3-7-11-15)17(25)13-22-19-16(20)12-21-18(23-19)14-8-4-2-5-9-14/h2-12H,13,20H2,1H3,(H,21,22,23). The van der Waals surface area contributed by atoms with Crippen LogP contribution in [0.1, 0.15) is 0 Å². The van der Waals surface area contributed by atoms with Gasteiger partial charge in [-0.2, -0.15) is 0 Å². The largest absolute Gasteiger partial charge is 0.394 e. The van der Waals surface area contributed by atoms with Gasteiger partial charge in [-0.3, -0.25) is 4.79 Å². The number of nitrogens with zero attached hydrogens (tertiary/aromatic N) is 3. The minimum atomic E-state index is -0.0922. The lowest BCUT2D eigenvalue weighted by Crippen LogP contribution is -2.32. The van der Waals surface area contributed by atoms with E-state index in [1.54, 1.807) is 18.1 Å². The van der Waals surface area contributed by atoms with Crippen LogP contribution >= 0.6 is 0 Å². The Labute approximate surface area is 146 Å². The highest BCUT2D eigenvalue weighted by Gasteiger charge is 2.12. The number of amides is 1. The molecule has 0 saturated heterocycles. The van der Waals surface area contributed by atoms with E-state index in [0.29, 0.717) is 17.3 Å². The molecule has 0 bridgehead atoms. The second kappa shape index (κ2) is 7.44. The number of hydrogen-bond donors (Lipinski definition) is 2. The van der Waals surface area contributed by atoms with Crippen LogP contribution in [-0.2, 0) is 4.79 Å². The number of nitrogens with one attached hydrogen (secondary N) is 1. The maximum absolute atomic E-state index is 12.4. The number of para-hydroxylation sites is 1. The summed E-state index contributed by atoms with van der Waals surface area (Å²) in [7, 11) is 1.73. The molecule has 1 amide bonds. The zero-order valence-corrected chi connectivity index (χ0v) is 13.9. The fourth-order valence-corrected chi connectivity index (χ4v) is 2.33. The van der Waals surface area contributed by atoms with Gasteiger partial charge in [0.25, 0.3) is 0 Å². The molecule has 1 aromatic heterocycles. The van der Waals surface area contributed by atoms with Crippen molar-refractivity contribution in [3.8, 4) is 11.4 Å². The number of rotatable bonds is 5. The van der Waals surface area contributed by atoms with E-state index in [-0.39, 0.29) is 12.5 Å². The van der Waals surface area contributed by atoms with E-state index in [2.05, 4.69) is 15.3 Å². The number of aromatic nitrogens is 2. The molecule has 1 heterocycles. The average Bonchev–Trinajstić information content (AvgIpc) is 2.68. The summed E-state index contributed by atoms with van der Waals surface area (Å²) in [4.78, 5) is 22.6. The van der Waals surface area contributed by atoms with E-state index in [1.807, 2.05) is 60.7 Å². The SMILES string of the molecule is CN(C(=O)CNc1nc(-c2ccccc2)ncc1N)c1ccccc1. The van der Waals surface area contributed by atoms with Crippen molar-refractivity contribution in [1.82, 2.24) is 9.97 Å². The Hall–Kier alpha value is -3.41. The van der Waals surface area contributed by atoms with E-state index >= 15 is 0 Å². The normalized spacial score (nSPS) is 10.3. The van der Waals surface area contributed by atoms with E-state index in [4.69, 9.17) is 5.73 Å². The third-order valence-corrected chi connectivity index (χ3v) is 3.77. The Morgan fingerprint density at radius 3 is 2.40 bits per heavy atom. The number of likely N-dealkylation sites (N-methyl/N-ethyl adjacent to an activating group) is 1. The summed E-state index contributed by atoms with van der Waals surface area (Å²) in [5.41, 5.74) is 8.04. The Bertz CT molecular complexity index is 852. The predicted molar refractivity (Wildman–Crippen MR) is 100 cm³/mol. The second-order valence-electron chi connectivity index (χ2n) is 5.51. The van der Waals surface area contributed by atoms with Crippen LogP contribution in [0.3, 0.4) is 0 Å². The molecule has 0 radical (unpaired) electrons. The molecule has 2 aromatic carbocycles. The van der Waals surface area contributed by atoms with Crippen molar-refractivity contribution >= 4 is 23.1 Å². The zero-order chi connectivity index (χ0) is 17.6. The third-order valence-electron chi connectivity index (χ3n) is 3.77. The fourth-order valence-electron chi connectivity index (χ4n) is 2.33. The van der Waals surface area contributed by atoms with Gasteiger partial charge in [-0.05, 0) is 12.1 Å². The molecule has 0 saturated carbocycles. The van der Waals surface area contributed by atoms with Crippen LogP contribution in [0.5, 0.6) is 0 Å². The Balaban J connectivity index is 1.72. The lowest BCUT2D eigenvalue weighted by Gasteiger charge is -2.18. The van der Waals surface area contributed by atoms with Crippen LogP contribution < -0.4 is 16.0 Å². The average molecular weight is 333 g/mol. The van der Waals surface area contributed by atoms with E-state index in [0.717, 1.165) is 11.3 Å². The molecule has 0 aliphatic carbocycles. The van der Waals surface area contributed by atoms with E-state index in [1.165, 1.54) is 0 Å². The first-order chi connectivity index (χ1) is 12.1. The lowest BCUT2D eigenvalue weighted by molar-refractivity contribution is -0.116. The molecule has 0 unspecified atom stereocenters. The van der Waals surface area contributed by atoms with Gasteiger partial charge in [-0.15, -0.1) is 0 Å². The Morgan fingerprint density at radius 2 is 1.72 bits per heavy atom. The molecule has 3 N–H and O–H groups in total. The highest BCUT2D eigenvalue weighted by molar-refractivity contribution is 5.95. The van der Waals surface area contributed by atoms with Crippen LogP contribution in [0, 0.1) is 0 Å². The lowest BCUT2D eigenvalue weighted by atomic mass is 10.2. The molecule has 3 aromatic rings. The van der Waals surface area contributed by atoms with Crippen LogP contribution in [0.15, 0.2) is 66.9 Å². The number of benzene rings is 2. The van der Waals surface area contributed by atoms with Gasteiger partial charge in [0.15, 0.2) is 11.6 Å². The topological polar surface area (TPSA) is 84.1 Å². The van der Waals surface area contributed by atoms with Gasteiger partial charge in [-0.25, -0.2) is 9.97 Å². The molecule has 6 nitrogen and oxygen atoms in total. The van der Waals surface area contributed by atoms with Crippen molar-refractivity contribution in [1.29, 1.82) is 0 Å². The van der Waals surface area contributed by atoms with Crippen molar-refractivity contribution in [3.63, 3.8) is 0 Å². The number of nitrogens with two attached hydrogens (primary N) is 1. The molecule has 3 rings (SSSR count). The minimum Gasteiger partial charge on any atom is -0.394 e. The third kappa shape index (κ3) is 3.92. The van der Waals surface area contributed by atoms with E-state index < -0.39 is 0 Å². The molecular formula is C19H19N5O. The number of carbonyl (C=O) groups is 1. The Morgan fingerprint density at radius 1 is 1.08 bits per heavy atom. The molecular weight excluding hydrogens is 314 g/mol. The predicted octanol–water partition coefficient (Wildman–Crippen LogP) is 2.80. The van der Waals surface area contributed by atoms with Gasteiger partial charge in [0.05, 0.1) is 18.4 Å². The smallest absolute Gasteiger partial charge is 0.246 e. The minimum absolute atomic E-state index is 0.0842. The first-order valence-corrected chi connectivity index (χ1v) is 7.88. The zero-order valence-electron chi connectivity index (χ0n) is 13.9. The molecule has 0 aliphatic rings. The Kier molecular flexibility index (Phi) is 4.89. The highest BCUT2D eigenvalue weighted by atomic mass is 16.2. The summed E-state index contributed by atoms with van der Waals surface area (Å²) in [6.45, 7) is 0.0842. The van der Waals surface area contributed by atoms with Crippen LogP contribution in [-0.4, -0.2) is 29.5 Å². The molecule has 0 spiro atoms. The summed E-state index contributed by atoms with van der Waals surface area (Å²) in [5, 5.41) is 3.01. The van der Waals surface area contributed by atoms with Gasteiger partial charge < -0.3 is 16.0 Å². The highest BCUT2D eigenvalue weighted by Crippen LogP contribution is 2.20. The maximum atomic E-state index is 12.4. The van der Waals surface area contributed by atoms with Crippen molar-refractivity contribution in [2.75, 3.05) is 29.5 Å². The second-order valence-corrected chi connectivity index (χ2v) is 5.51. The number of nitrogen functional groups attached to an aromatic ring is 1. The van der Waals surface area contributed by atoms with Crippen LogP contribution in [0.2, 0.25) is 0 Å². The number of anilines is 3. The molecule has 25 heavy (non-hydrogen) atoms. The van der Waals surface area contributed by atoms with Crippen molar-refractivity contribution in [3.05, 3.63) is 66.9 Å². The van der Waals surface area contributed by atoms with Crippen molar-refractivity contribution in [2.45, 2.75) is 0 Å². The van der Waals surface area contributed by atoms with Gasteiger partial charge in [0.2, 0.25) is 5.91 Å². The number of carbonyl (C=O) groups excluding carboxylic acids is 1. The first-order valence-electron chi connectivity index (χ1n) is 7.88. The summed E-state index contributed by atoms with van der Waals surface area (Å²) in [6, 6.07) is 19.1. The summed E-state index contributed by atoms with van der Waals surface area (Å²) >= 11 is 0. The number of hydrogen-bond acceptors (Lipinski definition) is 5. The molecule has 126 valence electrons. The van der Waals surface area contributed by atoms with Crippen LogP contribution in [0.4, 0.5) is 17.2 Å². The monoisotopic (exact) mass is 333 g/mol. The molecule has 0 aliphatic heterocycles. The summed E-state index contributed by atoms with van der Waals surface area (Å²) in [6.07, 6.45) is 1.54. The van der Waals surface area contributed by atoms with Crippen molar-refractivity contribution in [2.24, 2.45) is 0 Å². The van der Waals surface area contributed by atoms with Gasteiger partial charge >= 0.3 is 0 Å². The fraction of sp³-hybridized carbons (Fsp3) is 0.105. The van der Waals surface area contributed by atoms with Gasteiger partial charge in [0, 0.05) is 18.3 Å².